The maximum Gasteiger partial charge on any atom is 0.123 e. The zero-order valence-electron chi connectivity index (χ0n) is 15.4. The van der Waals surface area contributed by atoms with E-state index < -0.39 is 6.10 Å². The van der Waals surface area contributed by atoms with Crippen molar-refractivity contribution >= 4 is 0 Å². The molecule has 7 heteroatoms. The summed E-state index contributed by atoms with van der Waals surface area (Å²) in [6, 6.07) is 6.31. The molecule has 2 heterocycles. The summed E-state index contributed by atoms with van der Waals surface area (Å²) in [6.45, 7) is 9.01. The molecule has 2 aromatic rings. The topological polar surface area (TPSA) is 62.5 Å². The molecule has 0 spiro atoms. The fraction of sp³-hybridized carbons (Fsp3) is 0.526. The summed E-state index contributed by atoms with van der Waals surface area (Å²) in [6.07, 6.45) is -0.416. The van der Waals surface area contributed by atoms with E-state index in [1.165, 1.54) is 12.1 Å². The van der Waals surface area contributed by atoms with Gasteiger partial charge in [-0.05, 0) is 38.1 Å². The molecule has 142 valence electrons. The maximum atomic E-state index is 13.1. The fourth-order valence-corrected chi connectivity index (χ4v) is 3.27. The van der Waals surface area contributed by atoms with E-state index in [1.54, 1.807) is 12.1 Å². The number of hydrogen-bond acceptors (Lipinski definition) is 5. The predicted molar refractivity (Wildman–Crippen MR) is 98.0 cm³/mol. The minimum Gasteiger partial charge on any atom is -0.390 e. The second-order valence-corrected chi connectivity index (χ2v) is 6.74. The van der Waals surface area contributed by atoms with Crippen molar-refractivity contribution in [2.45, 2.75) is 26.5 Å². The monoisotopic (exact) mass is 362 g/mol. The van der Waals surface area contributed by atoms with E-state index in [4.69, 9.17) is 4.74 Å². The van der Waals surface area contributed by atoms with Crippen LogP contribution in [0.4, 0.5) is 4.39 Å². The van der Waals surface area contributed by atoms with Crippen molar-refractivity contribution in [3.8, 4) is 5.69 Å². The zero-order chi connectivity index (χ0) is 18.5. The lowest BCUT2D eigenvalue weighted by Gasteiger charge is -2.28. The summed E-state index contributed by atoms with van der Waals surface area (Å²) in [5.41, 5.74) is 3.89. The quantitative estimate of drug-likeness (QED) is 0.780. The van der Waals surface area contributed by atoms with E-state index >= 15 is 0 Å². The van der Waals surface area contributed by atoms with Gasteiger partial charge in [-0.25, -0.2) is 9.07 Å². The molecule has 1 saturated heterocycles. The number of nitrogens with zero attached hydrogens (tertiary/aromatic N) is 3. The molecule has 0 radical (unpaired) electrons. The van der Waals surface area contributed by atoms with Crippen LogP contribution >= 0.6 is 0 Å². The number of hydrogen-bond donors (Lipinski definition) is 2. The standard InChI is InChI=1S/C19H27FN4O2/c1-14-19(12-21-11-18(25)13-23-7-9-26-10-8-23)15(2)24(22-14)17-5-3-16(20)4-6-17/h3-6,18,21,25H,7-13H2,1-2H3. The Balaban J connectivity index is 1.55. The highest BCUT2D eigenvalue weighted by molar-refractivity contribution is 5.37. The Morgan fingerprint density at radius 1 is 1.23 bits per heavy atom. The highest BCUT2D eigenvalue weighted by Gasteiger charge is 2.16. The average molecular weight is 362 g/mol. The Hall–Kier alpha value is -1.80. The number of rotatable bonds is 7. The Morgan fingerprint density at radius 3 is 2.62 bits per heavy atom. The van der Waals surface area contributed by atoms with Gasteiger partial charge in [-0.3, -0.25) is 4.90 Å². The Kier molecular flexibility index (Phi) is 6.37. The largest absolute Gasteiger partial charge is 0.390 e. The van der Waals surface area contributed by atoms with E-state index in [1.807, 2.05) is 18.5 Å². The van der Waals surface area contributed by atoms with Crippen LogP contribution in [0.1, 0.15) is 17.0 Å². The third-order valence-electron chi connectivity index (χ3n) is 4.77. The lowest BCUT2D eigenvalue weighted by molar-refractivity contribution is 0.0149. The summed E-state index contributed by atoms with van der Waals surface area (Å²) in [5, 5.41) is 18.1. The molecule has 0 saturated carbocycles. The van der Waals surface area contributed by atoms with Crippen molar-refractivity contribution in [3.05, 3.63) is 47.0 Å². The molecule has 1 aromatic heterocycles. The Labute approximate surface area is 153 Å². The van der Waals surface area contributed by atoms with E-state index in [-0.39, 0.29) is 5.82 Å². The summed E-state index contributed by atoms with van der Waals surface area (Å²) < 4.78 is 20.3. The van der Waals surface area contributed by atoms with Gasteiger partial charge in [0.2, 0.25) is 0 Å². The van der Waals surface area contributed by atoms with E-state index in [9.17, 15) is 9.50 Å². The molecular formula is C19H27FN4O2. The van der Waals surface area contributed by atoms with Crippen molar-refractivity contribution < 1.29 is 14.2 Å². The number of aryl methyl sites for hydroxylation is 1. The van der Waals surface area contributed by atoms with Crippen LogP contribution in [0, 0.1) is 19.7 Å². The molecule has 3 rings (SSSR count). The highest BCUT2D eigenvalue weighted by Crippen LogP contribution is 2.18. The summed E-state index contributed by atoms with van der Waals surface area (Å²) >= 11 is 0. The van der Waals surface area contributed by atoms with Crippen LogP contribution in [0.3, 0.4) is 0 Å². The van der Waals surface area contributed by atoms with Crippen molar-refractivity contribution in [2.24, 2.45) is 0 Å². The van der Waals surface area contributed by atoms with Crippen molar-refractivity contribution in [1.82, 2.24) is 20.0 Å². The average Bonchev–Trinajstić information content (AvgIpc) is 2.91. The second-order valence-electron chi connectivity index (χ2n) is 6.74. The minimum atomic E-state index is -0.416. The number of halogens is 1. The molecule has 1 aliphatic heterocycles. The molecular weight excluding hydrogens is 335 g/mol. The molecule has 1 aliphatic rings. The van der Waals surface area contributed by atoms with Gasteiger partial charge in [0.1, 0.15) is 5.82 Å². The predicted octanol–water partition coefficient (Wildman–Crippen LogP) is 1.41. The van der Waals surface area contributed by atoms with Crippen molar-refractivity contribution in [3.63, 3.8) is 0 Å². The summed E-state index contributed by atoms with van der Waals surface area (Å²) in [5.74, 6) is -0.258. The van der Waals surface area contributed by atoms with Crippen LogP contribution in [0.2, 0.25) is 0 Å². The van der Waals surface area contributed by atoms with Crippen LogP contribution in [-0.4, -0.2) is 65.3 Å². The van der Waals surface area contributed by atoms with Crippen molar-refractivity contribution in [2.75, 3.05) is 39.4 Å². The number of morpholine rings is 1. The smallest absolute Gasteiger partial charge is 0.123 e. The van der Waals surface area contributed by atoms with Gasteiger partial charge in [0, 0.05) is 44.0 Å². The summed E-state index contributed by atoms with van der Waals surface area (Å²) in [4.78, 5) is 2.22. The first-order chi connectivity index (χ1) is 12.5. The Bertz CT molecular complexity index is 711. The van der Waals surface area contributed by atoms with E-state index in [0.29, 0.717) is 19.6 Å². The van der Waals surface area contributed by atoms with Crippen LogP contribution in [0.5, 0.6) is 0 Å². The number of aliphatic hydroxyl groups excluding tert-OH is 1. The molecule has 2 N–H and O–H groups in total. The first-order valence-corrected chi connectivity index (χ1v) is 9.04. The number of aromatic nitrogens is 2. The van der Waals surface area contributed by atoms with Crippen LogP contribution in [0.25, 0.3) is 5.69 Å². The molecule has 0 aliphatic carbocycles. The Morgan fingerprint density at radius 2 is 1.92 bits per heavy atom. The number of aliphatic hydroxyl groups is 1. The molecule has 0 bridgehead atoms. The first-order valence-electron chi connectivity index (χ1n) is 9.04. The van der Waals surface area contributed by atoms with Gasteiger partial charge in [0.25, 0.3) is 0 Å². The van der Waals surface area contributed by atoms with Gasteiger partial charge < -0.3 is 15.2 Å². The van der Waals surface area contributed by atoms with Crippen molar-refractivity contribution in [1.29, 1.82) is 0 Å². The normalized spacial score (nSPS) is 16.8. The summed E-state index contributed by atoms with van der Waals surface area (Å²) in [7, 11) is 0. The minimum absolute atomic E-state index is 0.258. The third-order valence-corrected chi connectivity index (χ3v) is 4.77. The van der Waals surface area contributed by atoms with Gasteiger partial charge in [0.15, 0.2) is 0 Å². The number of β-amino-alcohol motifs (C(OH)–C–C–N with tert-alkyl or cyclic N) is 1. The lowest BCUT2D eigenvalue weighted by atomic mass is 10.2. The molecule has 26 heavy (non-hydrogen) atoms. The SMILES string of the molecule is Cc1nn(-c2ccc(F)cc2)c(C)c1CNCC(O)CN1CCOCC1. The lowest BCUT2D eigenvalue weighted by Crippen LogP contribution is -2.43. The van der Waals surface area contributed by atoms with Crippen LogP contribution < -0.4 is 5.32 Å². The molecule has 1 aromatic carbocycles. The molecule has 1 atom stereocenters. The van der Waals surface area contributed by atoms with Crippen LogP contribution in [0.15, 0.2) is 24.3 Å². The van der Waals surface area contributed by atoms with Gasteiger partial charge in [-0.1, -0.05) is 0 Å². The number of ether oxygens (including phenoxy) is 1. The number of benzene rings is 1. The fourth-order valence-electron chi connectivity index (χ4n) is 3.27. The van der Waals surface area contributed by atoms with Crippen LogP contribution in [-0.2, 0) is 11.3 Å². The zero-order valence-corrected chi connectivity index (χ0v) is 15.4. The number of nitrogens with one attached hydrogen (secondary N) is 1. The van der Waals surface area contributed by atoms with Gasteiger partial charge in [-0.15, -0.1) is 0 Å². The third kappa shape index (κ3) is 4.67. The molecule has 1 unspecified atom stereocenters. The second kappa shape index (κ2) is 8.73. The molecule has 6 nitrogen and oxygen atoms in total. The van der Waals surface area contributed by atoms with Gasteiger partial charge in [0.05, 0.1) is 30.7 Å². The van der Waals surface area contributed by atoms with E-state index in [2.05, 4.69) is 15.3 Å². The first kappa shape index (κ1) is 19.0. The maximum absolute atomic E-state index is 13.1. The molecule has 0 amide bonds. The van der Waals surface area contributed by atoms with Gasteiger partial charge in [-0.2, -0.15) is 5.10 Å². The molecule has 1 fully saturated rings. The van der Waals surface area contributed by atoms with E-state index in [0.717, 1.165) is 48.9 Å². The van der Waals surface area contributed by atoms with Gasteiger partial charge >= 0.3 is 0 Å². The highest BCUT2D eigenvalue weighted by atomic mass is 19.1.